The van der Waals surface area contributed by atoms with Gasteiger partial charge in [-0.1, -0.05) is 0 Å². The molecule has 0 saturated carbocycles. The minimum atomic E-state index is -0.439. The first-order chi connectivity index (χ1) is 11.6. The first kappa shape index (κ1) is 14.3. The van der Waals surface area contributed by atoms with Gasteiger partial charge in [-0.05, 0) is 48.5 Å². The molecule has 0 unspecified atom stereocenters. The van der Waals surface area contributed by atoms with Gasteiger partial charge < -0.3 is 10.3 Å². The number of H-pyrrole nitrogens is 1. The number of rotatable bonds is 2. The monoisotopic (exact) mass is 323 g/mol. The normalized spacial score (nSPS) is 11.1. The van der Waals surface area contributed by atoms with E-state index in [0.717, 1.165) is 0 Å². The minimum Gasteiger partial charge on any atom is -0.340 e. The number of nitrogens with one attached hydrogen (secondary N) is 2. The fourth-order valence-electron chi connectivity index (χ4n) is 2.70. The Kier molecular flexibility index (Phi) is 3.23. The SMILES string of the molecule is O=c1[nH]ccc2nc(Nc3ccc(F)cc3)c3ccc(F)cc3c12. The number of fused-ring (bicyclic) bond motifs is 3. The zero-order chi connectivity index (χ0) is 16.7. The summed E-state index contributed by atoms with van der Waals surface area (Å²) in [6, 6.07) is 11.6. The van der Waals surface area contributed by atoms with E-state index < -0.39 is 5.82 Å². The van der Waals surface area contributed by atoms with E-state index in [1.165, 1.54) is 30.5 Å². The van der Waals surface area contributed by atoms with E-state index in [-0.39, 0.29) is 11.4 Å². The summed E-state index contributed by atoms with van der Waals surface area (Å²) in [6.45, 7) is 0. The van der Waals surface area contributed by atoms with Crippen LogP contribution in [0.4, 0.5) is 20.3 Å². The molecule has 0 aliphatic rings. The van der Waals surface area contributed by atoms with Crippen LogP contribution >= 0.6 is 0 Å². The number of pyridine rings is 2. The molecule has 2 aromatic carbocycles. The van der Waals surface area contributed by atoms with Crippen molar-refractivity contribution in [3.05, 3.63) is 76.7 Å². The molecule has 2 N–H and O–H groups in total. The lowest BCUT2D eigenvalue weighted by Gasteiger charge is -2.11. The predicted molar refractivity (Wildman–Crippen MR) is 89.5 cm³/mol. The molecule has 0 radical (unpaired) electrons. The lowest BCUT2D eigenvalue weighted by molar-refractivity contribution is 0.628. The molecule has 0 saturated heterocycles. The van der Waals surface area contributed by atoms with E-state index in [1.807, 2.05) is 0 Å². The van der Waals surface area contributed by atoms with Gasteiger partial charge >= 0.3 is 0 Å². The van der Waals surface area contributed by atoms with Crippen LogP contribution in [0.5, 0.6) is 0 Å². The third-order valence-corrected chi connectivity index (χ3v) is 3.78. The van der Waals surface area contributed by atoms with Crippen LogP contribution < -0.4 is 10.9 Å². The van der Waals surface area contributed by atoms with Gasteiger partial charge in [-0.25, -0.2) is 13.8 Å². The van der Waals surface area contributed by atoms with Crippen LogP contribution in [0, 0.1) is 11.6 Å². The number of hydrogen-bond acceptors (Lipinski definition) is 3. The second-order valence-electron chi connectivity index (χ2n) is 5.35. The lowest BCUT2D eigenvalue weighted by Crippen LogP contribution is -2.07. The summed E-state index contributed by atoms with van der Waals surface area (Å²) in [4.78, 5) is 19.2. The molecule has 118 valence electrons. The lowest BCUT2D eigenvalue weighted by atomic mass is 10.1. The molecule has 0 bridgehead atoms. The number of halogens is 2. The van der Waals surface area contributed by atoms with E-state index in [4.69, 9.17) is 0 Å². The van der Waals surface area contributed by atoms with Crippen molar-refractivity contribution in [3.63, 3.8) is 0 Å². The van der Waals surface area contributed by atoms with Gasteiger partial charge in [0.2, 0.25) is 0 Å². The largest absolute Gasteiger partial charge is 0.340 e. The number of aromatic nitrogens is 2. The Morgan fingerprint density at radius 2 is 1.67 bits per heavy atom. The topological polar surface area (TPSA) is 57.8 Å². The molecular weight excluding hydrogens is 312 g/mol. The van der Waals surface area contributed by atoms with Crippen LogP contribution in [0.15, 0.2) is 59.5 Å². The van der Waals surface area contributed by atoms with Gasteiger partial charge in [0.05, 0.1) is 10.9 Å². The number of benzene rings is 2. The van der Waals surface area contributed by atoms with Crippen LogP contribution in [0.3, 0.4) is 0 Å². The predicted octanol–water partition coefficient (Wildman–Crippen LogP) is 4.10. The van der Waals surface area contributed by atoms with Crippen molar-refractivity contribution in [1.29, 1.82) is 0 Å². The van der Waals surface area contributed by atoms with Crippen LogP contribution in [0.1, 0.15) is 0 Å². The average molecular weight is 323 g/mol. The Labute approximate surface area is 134 Å². The second-order valence-corrected chi connectivity index (χ2v) is 5.35. The zero-order valence-corrected chi connectivity index (χ0v) is 12.3. The van der Waals surface area contributed by atoms with Gasteiger partial charge in [-0.2, -0.15) is 0 Å². The average Bonchev–Trinajstić information content (AvgIpc) is 2.56. The number of aromatic amines is 1. The van der Waals surface area contributed by atoms with E-state index in [1.54, 1.807) is 24.3 Å². The van der Waals surface area contributed by atoms with Crippen molar-refractivity contribution in [3.8, 4) is 0 Å². The summed E-state index contributed by atoms with van der Waals surface area (Å²) in [7, 11) is 0. The Balaban J connectivity index is 2.00. The highest BCUT2D eigenvalue weighted by Gasteiger charge is 2.12. The van der Waals surface area contributed by atoms with Gasteiger partial charge in [-0.3, -0.25) is 4.79 Å². The van der Waals surface area contributed by atoms with Crippen LogP contribution in [0.2, 0.25) is 0 Å². The fourth-order valence-corrected chi connectivity index (χ4v) is 2.70. The molecule has 0 fully saturated rings. The molecule has 4 nitrogen and oxygen atoms in total. The first-order valence-corrected chi connectivity index (χ1v) is 7.25. The van der Waals surface area contributed by atoms with Gasteiger partial charge in [0.15, 0.2) is 0 Å². The van der Waals surface area contributed by atoms with Crippen molar-refractivity contribution < 1.29 is 8.78 Å². The molecular formula is C18H11F2N3O. The molecule has 4 rings (SSSR count). The summed E-state index contributed by atoms with van der Waals surface area (Å²) >= 11 is 0. The first-order valence-electron chi connectivity index (χ1n) is 7.25. The molecule has 2 heterocycles. The third kappa shape index (κ3) is 2.38. The van der Waals surface area contributed by atoms with E-state index in [2.05, 4.69) is 15.3 Å². The molecule has 24 heavy (non-hydrogen) atoms. The van der Waals surface area contributed by atoms with Crippen LogP contribution in [-0.4, -0.2) is 9.97 Å². The highest BCUT2D eigenvalue weighted by molar-refractivity contribution is 6.10. The molecule has 0 aliphatic heterocycles. The minimum absolute atomic E-state index is 0.330. The van der Waals surface area contributed by atoms with E-state index >= 15 is 0 Å². The van der Waals surface area contributed by atoms with Gasteiger partial charge in [0.25, 0.3) is 5.56 Å². The van der Waals surface area contributed by atoms with Gasteiger partial charge in [0, 0.05) is 22.7 Å². The quantitative estimate of drug-likeness (QED) is 0.546. The van der Waals surface area contributed by atoms with Gasteiger partial charge in [0.1, 0.15) is 17.5 Å². The molecule has 0 atom stereocenters. The summed E-state index contributed by atoms with van der Waals surface area (Å²) in [5.74, 6) is -0.314. The Bertz CT molecular complexity index is 1120. The molecule has 2 aromatic heterocycles. The molecule has 6 heteroatoms. The standard InChI is InChI=1S/C18H11F2N3O/c19-10-1-4-12(5-2-10)22-17-13-6-3-11(20)9-14(13)16-15(23-17)7-8-21-18(16)24/h1-9H,(H,21,24)(H,22,23). The number of nitrogens with zero attached hydrogens (tertiary/aromatic N) is 1. The van der Waals surface area contributed by atoms with Crippen LogP contribution in [-0.2, 0) is 0 Å². The summed E-state index contributed by atoms with van der Waals surface area (Å²) < 4.78 is 26.8. The van der Waals surface area contributed by atoms with Crippen molar-refractivity contribution in [2.45, 2.75) is 0 Å². The van der Waals surface area contributed by atoms with Crippen molar-refractivity contribution in [2.24, 2.45) is 0 Å². The third-order valence-electron chi connectivity index (χ3n) is 3.78. The van der Waals surface area contributed by atoms with E-state index in [9.17, 15) is 13.6 Å². The smallest absolute Gasteiger partial charge is 0.258 e. The van der Waals surface area contributed by atoms with E-state index in [0.29, 0.717) is 33.2 Å². The van der Waals surface area contributed by atoms with Crippen molar-refractivity contribution >= 4 is 33.2 Å². The maximum absolute atomic E-state index is 13.7. The van der Waals surface area contributed by atoms with Gasteiger partial charge in [-0.15, -0.1) is 0 Å². The molecule has 4 aromatic rings. The van der Waals surface area contributed by atoms with Crippen molar-refractivity contribution in [1.82, 2.24) is 9.97 Å². The number of anilines is 2. The highest BCUT2D eigenvalue weighted by Crippen LogP contribution is 2.29. The molecule has 0 spiro atoms. The summed E-state index contributed by atoms with van der Waals surface area (Å²) in [6.07, 6.45) is 1.49. The highest BCUT2D eigenvalue weighted by atomic mass is 19.1. The molecule has 0 aliphatic carbocycles. The fraction of sp³-hybridized carbons (Fsp3) is 0. The van der Waals surface area contributed by atoms with Crippen LogP contribution in [0.25, 0.3) is 21.7 Å². The molecule has 0 amide bonds. The summed E-state index contributed by atoms with van der Waals surface area (Å²) in [5.41, 5.74) is 0.754. The summed E-state index contributed by atoms with van der Waals surface area (Å²) in [5, 5.41) is 4.49. The Hall–Kier alpha value is -3.28. The zero-order valence-electron chi connectivity index (χ0n) is 12.3. The number of hydrogen-bond donors (Lipinski definition) is 2. The van der Waals surface area contributed by atoms with Crippen molar-refractivity contribution in [2.75, 3.05) is 5.32 Å². The Morgan fingerprint density at radius 3 is 2.46 bits per heavy atom. The Morgan fingerprint density at radius 1 is 0.917 bits per heavy atom. The second kappa shape index (κ2) is 5.42. The maximum atomic E-state index is 13.7. The maximum Gasteiger partial charge on any atom is 0.258 e.